The molecule has 0 spiro atoms. The zero-order valence-corrected chi connectivity index (χ0v) is 14.6. The first kappa shape index (κ1) is 16.7. The maximum absolute atomic E-state index is 12.8. The number of benzene rings is 1. The number of rotatable bonds is 6. The SMILES string of the molecule is COCCn1c(=O)c2c(C)csc2n(CCc2ccccc2)c1=O. The lowest BCUT2D eigenvalue weighted by molar-refractivity contribution is 0.184. The molecule has 0 radical (unpaired) electrons. The van der Waals surface area contributed by atoms with E-state index in [4.69, 9.17) is 4.74 Å². The number of ether oxygens (including phenoxy) is 1. The van der Waals surface area contributed by atoms with E-state index in [0.29, 0.717) is 18.5 Å². The molecule has 0 saturated heterocycles. The van der Waals surface area contributed by atoms with Crippen LogP contribution in [-0.4, -0.2) is 22.9 Å². The molecule has 0 fully saturated rings. The minimum absolute atomic E-state index is 0.221. The van der Waals surface area contributed by atoms with Crippen LogP contribution in [0.3, 0.4) is 0 Å². The number of aryl methyl sites for hydroxylation is 3. The molecule has 0 aliphatic heterocycles. The molecule has 2 aromatic heterocycles. The molecule has 5 nitrogen and oxygen atoms in total. The highest BCUT2D eigenvalue weighted by molar-refractivity contribution is 7.17. The van der Waals surface area contributed by atoms with Gasteiger partial charge in [-0.15, -0.1) is 11.3 Å². The Hall–Kier alpha value is -2.18. The summed E-state index contributed by atoms with van der Waals surface area (Å²) in [4.78, 5) is 26.2. The summed E-state index contributed by atoms with van der Waals surface area (Å²) in [5, 5.41) is 2.58. The van der Waals surface area contributed by atoms with Crippen LogP contribution in [-0.2, 0) is 24.2 Å². The van der Waals surface area contributed by atoms with Gasteiger partial charge in [-0.05, 0) is 29.9 Å². The van der Waals surface area contributed by atoms with Gasteiger partial charge in [0, 0.05) is 13.7 Å². The Morgan fingerprint density at radius 3 is 2.54 bits per heavy atom. The maximum atomic E-state index is 12.8. The summed E-state index contributed by atoms with van der Waals surface area (Å²) in [6.45, 7) is 3.06. The van der Waals surface area contributed by atoms with E-state index >= 15 is 0 Å². The first-order valence-electron chi connectivity index (χ1n) is 7.87. The molecule has 24 heavy (non-hydrogen) atoms. The van der Waals surface area contributed by atoms with Crippen molar-refractivity contribution in [2.45, 2.75) is 26.4 Å². The number of hydrogen-bond donors (Lipinski definition) is 0. The van der Waals surface area contributed by atoms with Gasteiger partial charge in [0.25, 0.3) is 5.56 Å². The average Bonchev–Trinajstić information content (AvgIpc) is 2.97. The van der Waals surface area contributed by atoms with Crippen molar-refractivity contribution in [1.29, 1.82) is 0 Å². The third-order valence-corrected chi connectivity index (χ3v) is 5.23. The van der Waals surface area contributed by atoms with E-state index in [1.165, 1.54) is 21.5 Å². The number of nitrogens with zero attached hydrogens (tertiary/aromatic N) is 2. The molecular weight excluding hydrogens is 324 g/mol. The van der Waals surface area contributed by atoms with Crippen molar-refractivity contribution in [3.05, 3.63) is 67.7 Å². The zero-order valence-electron chi connectivity index (χ0n) is 13.8. The minimum atomic E-state index is -0.262. The lowest BCUT2D eigenvalue weighted by Crippen LogP contribution is -2.41. The fourth-order valence-electron chi connectivity index (χ4n) is 2.81. The first-order valence-corrected chi connectivity index (χ1v) is 8.75. The van der Waals surface area contributed by atoms with Crippen molar-refractivity contribution in [3.63, 3.8) is 0 Å². The van der Waals surface area contributed by atoms with Crippen LogP contribution in [0.15, 0.2) is 45.3 Å². The van der Waals surface area contributed by atoms with Crippen molar-refractivity contribution >= 4 is 21.6 Å². The molecule has 0 unspecified atom stereocenters. The van der Waals surface area contributed by atoms with Crippen LogP contribution >= 0.6 is 11.3 Å². The summed E-state index contributed by atoms with van der Waals surface area (Å²) >= 11 is 1.45. The highest BCUT2D eigenvalue weighted by atomic mass is 32.1. The van der Waals surface area contributed by atoms with Crippen LogP contribution in [0.1, 0.15) is 11.1 Å². The molecule has 0 amide bonds. The number of methoxy groups -OCH3 is 1. The second kappa shape index (κ2) is 7.15. The predicted octanol–water partition coefficient (Wildman–Crippen LogP) is 2.42. The fraction of sp³-hybridized carbons (Fsp3) is 0.333. The van der Waals surface area contributed by atoms with Gasteiger partial charge >= 0.3 is 5.69 Å². The monoisotopic (exact) mass is 344 g/mol. The summed E-state index contributed by atoms with van der Waals surface area (Å²) < 4.78 is 8.05. The first-order chi connectivity index (χ1) is 11.6. The van der Waals surface area contributed by atoms with E-state index in [1.54, 1.807) is 11.7 Å². The predicted molar refractivity (Wildman–Crippen MR) is 97.1 cm³/mol. The Morgan fingerprint density at radius 1 is 1.08 bits per heavy atom. The lowest BCUT2D eigenvalue weighted by atomic mass is 10.1. The molecular formula is C18H20N2O3S. The molecule has 0 aliphatic rings. The molecule has 1 aromatic carbocycles. The van der Waals surface area contributed by atoms with Gasteiger partial charge in [-0.2, -0.15) is 0 Å². The van der Waals surface area contributed by atoms with E-state index in [1.807, 2.05) is 42.6 Å². The maximum Gasteiger partial charge on any atom is 0.332 e. The largest absolute Gasteiger partial charge is 0.383 e. The Morgan fingerprint density at radius 2 is 1.83 bits per heavy atom. The minimum Gasteiger partial charge on any atom is -0.383 e. The Balaban J connectivity index is 2.08. The molecule has 2 heterocycles. The lowest BCUT2D eigenvalue weighted by Gasteiger charge is -2.12. The number of aromatic nitrogens is 2. The number of fused-ring (bicyclic) bond motifs is 1. The molecule has 6 heteroatoms. The third kappa shape index (κ3) is 3.07. The summed E-state index contributed by atoms with van der Waals surface area (Å²) in [6.07, 6.45) is 0.745. The smallest absolute Gasteiger partial charge is 0.332 e. The Bertz CT molecular complexity index is 954. The average molecular weight is 344 g/mol. The van der Waals surface area contributed by atoms with E-state index < -0.39 is 0 Å². The van der Waals surface area contributed by atoms with Crippen LogP contribution in [0.5, 0.6) is 0 Å². The van der Waals surface area contributed by atoms with Crippen molar-refractivity contribution in [1.82, 2.24) is 9.13 Å². The second-order valence-corrected chi connectivity index (χ2v) is 6.58. The van der Waals surface area contributed by atoms with Crippen LogP contribution < -0.4 is 11.2 Å². The molecule has 0 bridgehead atoms. The van der Waals surface area contributed by atoms with Crippen molar-refractivity contribution in [2.75, 3.05) is 13.7 Å². The summed E-state index contributed by atoms with van der Waals surface area (Å²) in [6, 6.07) is 10.0. The number of hydrogen-bond acceptors (Lipinski definition) is 4. The molecule has 0 N–H and O–H groups in total. The normalized spacial score (nSPS) is 11.2. The summed E-state index contributed by atoms with van der Waals surface area (Å²) in [5.41, 5.74) is 1.60. The summed E-state index contributed by atoms with van der Waals surface area (Å²) in [7, 11) is 1.56. The quantitative estimate of drug-likeness (QED) is 0.690. The van der Waals surface area contributed by atoms with Gasteiger partial charge in [0.2, 0.25) is 0 Å². The third-order valence-electron chi connectivity index (χ3n) is 4.11. The van der Waals surface area contributed by atoms with Crippen LogP contribution in [0.4, 0.5) is 0 Å². The van der Waals surface area contributed by atoms with Crippen molar-refractivity contribution < 1.29 is 4.74 Å². The van der Waals surface area contributed by atoms with Gasteiger partial charge in [-0.1, -0.05) is 30.3 Å². The van der Waals surface area contributed by atoms with Gasteiger partial charge in [-0.3, -0.25) is 13.9 Å². The number of thiophene rings is 1. The molecule has 3 aromatic rings. The summed E-state index contributed by atoms with van der Waals surface area (Å²) in [5.74, 6) is 0. The van der Waals surface area contributed by atoms with Crippen molar-refractivity contribution in [2.24, 2.45) is 0 Å². The standard InChI is InChI=1S/C18H20N2O3S/c1-13-12-24-17-15(13)16(21)19(10-11-23-2)18(22)20(17)9-8-14-6-4-3-5-7-14/h3-7,12H,8-11H2,1-2H3. The molecule has 126 valence electrons. The molecule has 0 aliphatic carbocycles. The topological polar surface area (TPSA) is 53.2 Å². The Labute approximate surface area is 143 Å². The van der Waals surface area contributed by atoms with E-state index in [0.717, 1.165) is 16.8 Å². The molecule has 3 rings (SSSR count). The van der Waals surface area contributed by atoms with Gasteiger partial charge in [0.15, 0.2) is 0 Å². The van der Waals surface area contributed by atoms with Gasteiger partial charge in [0.05, 0.1) is 18.5 Å². The highest BCUT2D eigenvalue weighted by Crippen LogP contribution is 2.21. The zero-order chi connectivity index (χ0) is 17.1. The van der Waals surface area contributed by atoms with Gasteiger partial charge in [0.1, 0.15) is 4.83 Å². The Kier molecular flexibility index (Phi) is 4.97. The van der Waals surface area contributed by atoms with Gasteiger partial charge < -0.3 is 4.74 Å². The van der Waals surface area contributed by atoms with Gasteiger partial charge in [-0.25, -0.2) is 4.79 Å². The highest BCUT2D eigenvalue weighted by Gasteiger charge is 2.16. The molecule has 0 atom stereocenters. The molecule has 0 saturated carbocycles. The van der Waals surface area contributed by atoms with Crippen LogP contribution in [0.25, 0.3) is 10.2 Å². The van der Waals surface area contributed by atoms with E-state index in [-0.39, 0.29) is 17.8 Å². The second-order valence-electron chi connectivity index (χ2n) is 5.72. The van der Waals surface area contributed by atoms with Crippen LogP contribution in [0, 0.1) is 6.92 Å². The fourth-order valence-corrected chi connectivity index (χ4v) is 3.88. The van der Waals surface area contributed by atoms with E-state index in [9.17, 15) is 9.59 Å². The van der Waals surface area contributed by atoms with Crippen molar-refractivity contribution in [3.8, 4) is 0 Å². The van der Waals surface area contributed by atoms with E-state index in [2.05, 4.69) is 0 Å². The van der Waals surface area contributed by atoms with Crippen LogP contribution in [0.2, 0.25) is 0 Å².